The fourth-order valence-electron chi connectivity index (χ4n) is 1.39. The van der Waals surface area contributed by atoms with E-state index in [0.29, 0.717) is 17.9 Å². The molecule has 86 valence electrons. The van der Waals surface area contributed by atoms with Crippen molar-refractivity contribution in [1.29, 1.82) is 0 Å². The molecule has 0 bridgehead atoms. The monoisotopic (exact) mass is 228 g/mol. The lowest BCUT2D eigenvalue weighted by molar-refractivity contribution is 0.0945. The molecule has 0 spiro atoms. The predicted octanol–water partition coefficient (Wildman–Crippen LogP) is 0.989. The van der Waals surface area contributed by atoms with Gasteiger partial charge in [-0.25, -0.2) is 4.98 Å². The second kappa shape index (κ2) is 5.07. The number of amides is 1. The normalized spacial score (nSPS) is 9.88. The van der Waals surface area contributed by atoms with Gasteiger partial charge in [0.25, 0.3) is 5.91 Å². The van der Waals surface area contributed by atoms with Crippen molar-refractivity contribution in [3.63, 3.8) is 0 Å². The van der Waals surface area contributed by atoms with Gasteiger partial charge in [0.2, 0.25) is 0 Å². The maximum Gasteiger partial charge on any atom is 0.271 e. The summed E-state index contributed by atoms with van der Waals surface area (Å²) < 4.78 is 0. The Balaban J connectivity index is 1.97. The van der Waals surface area contributed by atoms with Crippen molar-refractivity contribution in [3.05, 3.63) is 54.1 Å². The van der Waals surface area contributed by atoms with E-state index in [4.69, 9.17) is 5.73 Å². The Bertz CT molecular complexity index is 513. The lowest BCUT2D eigenvalue weighted by atomic mass is 10.2. The lowest BCUT2D eigenvalue weighted by Gasteiger charge is -2.05. The van der Waals surface area contributed by atoms with Gasteiger partial charge >= 0.3 is 0 Å². The zero-order valence-corrected chi connectivity index (χ0v) is 9.13. The van der Waals surface area contributed by atoms with Crippen LogP contribution in [0.3, 0.4) is 0 Å². The average molecular weight is 228 g/mol. The van der Waals surface area contributed by atoms with Crippen LogP contribution in [-0.2, 0) is 6.54 Å². The number of nitrogen functional groups attached to an aromatic ring is 1. The first-order valence-electron chi connectivity index (χ1n) is 5.14. The predicted molar refractivity (Wildman–Crippen MR) is 64.1 cm³/mol. The van der Waals surface area contributed by atoms with Crippen LogP contribution in [0.2, 0.25) is 0 Å². The fourth-order valence-corrected chi connectivity index (χ4v) is 1.39. The van der Waals surface area contributed by atoms with Crippen LogP contribution in [0.4, 0.5) is 5.69 Å². The van der Waals surface area contributed by atoms with Crippen LogP contribution in [0, 0.1) is 0 Å². The van der Waals surface area contributed by atoms with Gasteiger partial charge in [-0.3, -0.25) is 9.78 Å². The van der Waals surface area contributed by atoms with E-state index in [1.807, 2.05) is 18.2 Å². The van der Waals surface area contributed by atoms with Gasteiger partial charge < -0.3 is 11.1 Å². The first-order chi connectivity index (χ1) is 8.25. The summed E-state index contributed by atoms with van der Waals surface area (Å²) in [6.45, 7) is 0.417. The van der Waals surface area contributed by atoms with Gasteiger partial charge in [0, 0.05) is 24.6 Å². The molecule has 0 aliphatic rings. The number of anilines is 1. The highest BCUT2D eigenvalue weighted by molar-refractivity contribution is 5.91. The van der Waals surface area contributed by atoms with Gasteiger partial charge in [0.1, 0.15) is 5.69 Å². The Kier molecular flexibility index (Phi) is 3.30. The van der Waals surface area contributed by atoms with Crippen molar-refractivity contribution in [1.82, 2.24) is 15.3 Å². The smallest absolute Gasteiger partial charge is 0.271 e. The van der Waals surface area contributed by atoms with E-state index in [1.54, 1.807) is 6.07 Å². The summed E-state index contributed by atoms with van der Waals surface area (Å²) in [4.78, 5) is 19.4. The van der Waals surface area contributed by atoms with E-state index in [-0.39, 0.29) is 5.91 Å². The Hall–Kier alpha value is -2.43. The van der Waals surface area contributed by atoms with Crippen LogP contribution in [0.5, 0.6) is 0 Å². The van der Waals surface area contributed by atoms with Crippen molar-refractivity contribution in [2.45, 2.75) is 6.54 Å². The largest absolute Gasteiger partial charge is 0.399 e. The van der Waals surface area contributed by atoms with Gasteiger partial charge in [-0.2, -0.15) is 0 Å². The number of benzene rings is 1. The van der Waals surface area contributed by atoms with Crippen molar-refractivity contribution in [3.8, 4) is 0 Å². The molecule has 1 aromatic carbocycles. The molecule has 5 heteroatoms. The molecule has 3 N–H and O–H groups in total. The molecule has 5 nitrogen and oxygen atoms in total. The number of hydrogen-bond acceptors (Lipinski definition) is 4. The Morgan fingerprint density at radius 1 is 1.35 bits per heavy atom. The lowest BCUT2D eigenvalue weighted by Crippen LogP contribution is -2.23. The van der Waals surface area contributed by atoms with Crippen LogP contribution in [0.25, 0.3) is 0 Å². The number of nitrogens with one attached hydrogen (secondary N) is 1. The molecule has 0 radical (unpaired) electrons. The highest BCUT2D eigenvalue weighted by Gasteiger charge is 2.05. The number of nitrogens with two attached hydrogens (primary N) is 1. The van der Waals surface area contributed by atoms with Crippen molar-refractivity contribution >= 4 is 11.6 Å². The zero-order valence-electron chi connectivity index (χ0n) is 9.13. The van der Waals surface area contributed by atoms with Crippen LogP contribution < -0.4 is 11.1 Å². The molecular weight excluding hydrogens is 216 g/mol. The van der Waals surface area contributed by atoms with E-state index >= 15 is 0 Å². The molecule has 0 unspecified atom stereocenters. The summed E-state index contributed by atoms with van der Waals surface area (Å²) in [7, 11) is 0. The van der Waals surface area contributed by atoms with Crippen molar-refractivity contribution < 1.29 is 4.79 Å². The van der Waals surface area contributed by atoms with Gasteiger partial charge in [-0.05, 0) is 17.7 Å². The standard InChI is InChI=1S/C12H12N4O/c13-10-3-1-2-9(6-10)7-16-12(17)11-8-14-4-5-15-11/h1-6,8H,7,13H2,(H,16,17). The summed E-state index contributed by atoms with van der Waals surface area (Å²) in [5, 5.41) is 2.75. The molecule has 0 aliphatic carbocycles. The molecule has 1 heterocycles. The summed E-state index contributed by atoms with van der Waals surface area (Å²) >= 11 is 0. The van der Waals surface area contributed by atoms with E-state index in [2.05, 4.69) is 15.3 Å². The second-order valence-corrected chi connectivity index (χ2v) is 3.52. The van der Waals surface area contributed by atoms with E-state index in [1.165, 1.54) is 18.6 Å². The molecule has 0 atom stereocenters. The molecule has 2 rings (SSSR count). The van der Waals surface area contributed by atoms with Gasteiger partial charge in [-0.15, -0.1) is 0 Å². The first-order valence-corrected chi connectivity index (χ1v) is 5.14. The highest BCUT2D eigenvalue weighted by atomic mass is 16.1. The minimum atomic E-state index is -0.250. The first kappa shape index (κ1) is 11.1. The third-order valence-corrected chi connectivity index (χ3v) is 2.20. The fraction of sp³-hybridized carbons (Fsp3) is 0.0833. The molecule has 0 fully saturated rings. The third-order valence-electron chi connectivity index (χ3n) is 2.20. The minimum absolute atomic E-state index is 0.250. The Morgan fingerprint density at radius 2 is 2.24 bits per heavy atom. The molecule has 1 aromatic heterocycles. The molecule has 0 aliphatic heterocycles. The summed E-state index contributed by atoms with van der Waals surface area (Å²) in [5.74, 6) is -0.250. The number of nitrogens with zero attached hydrogens (tertiary/aromatic N) is 2. The number of hydrogen-bond donors (Lipinski definition) is 2. The minimum Gasteiger partial charge on any atom is -0.399 e. The number of rotatable bonds is 3. The Morgan fingerprint density at radius 3 is 2.94 bits per heavy atom. The maximum atomic E-state index is 11.7. The van der Waals surface area contributed by atoms with Crippen molar-refractivity contribution in [2.75, 3.05) is 5.73 Å². The van der Waals surface area contributed by atoms with Crippen LogP contribution in [0.15, 0.2) is 42.9 Å². The maximum absolute atomic E-state index is 11.7. The molecule has 0 saturated carbocycles. The topological polar surface area (TPSA) is 80.9 Å². The summed E-state index contributed by atoms with van der Waals surface area (Å²) in [6.07, 6.45) is 4.43. The van der Waals surface area contributed by atoms with Crippen LogP contribution in [0.1, 0.15) is 16.1 Å². The van der Waals surface area contributed by atoms with Crippen molar-refractivity contribution in [2.24, 2.45) is 0 Å². The number of carbonyl (C=O) groups is 1. The van der Waals surface area contributed by atoms with Crippen LogP contribution >= 0.6 is 0 Å². The summed E-state index contributed by atoms with van der Waals surface area (Å²) in [5.41, 5.74) is 7.57. The quantitative estimate of drug-likeness (QED) is 0.767. The zero-order chi connectivity index (χ0) is 12.1. The van der Waals surface area contributed by atoms with Gasteiger partial charge in [-0.1, -0.05) is 12.1 Å². The average Bonchev–Trinajstić information content (AvgIpc) is 2.37. The van der Waals surface area contributed by atoms with E-state index < -0.39 is 0 Å². The van der Waals surface area contributed by atoms with E-state index in [9.17, 15) is 4.79 Å². The molecular formula is C12H12N4O. The summed E-state index contributed by atoms with van der Waals surface area (Å²) in [6, 6.07) is 7.36. The van der Waals surface area contributed by atoms with E-state index in [0.717, 1.165) is 5.56 Å². The van der Waals surface area contributed by atoms with Gasteiger partial charge in [0.05, 0.1) is 6.20 Å². The highest BCUT2D eigenvalue weighted by Crippen LogP contribution is 2.06. The van der Waals surface area contributed by atoms with Gasteiger partial charge in [0.15, 0.2) is 0 Å². The number of carbonyl (C=O) groups excluding carboxylic acids is 1. The number of aromatic nitrogens is 2. The molecule has 1 amide bonds. The van der Waals surface area contributed by atoms with Crippen LogP contribution in [-0.4, -0.2) is 15.9 Å². The Labute approximate surface area is 98.7 Å². The third kappa shape index (κ3) is 3.01. The second-order valence-electron chi connectivity index (χ2n) is 3.52. The SMILES string of the molecule is Nc1cccc(CNC(=O)c2cnccn2)c1. The molecule has 2 aromatic rings. The molecule has 0 saturated heterocycles. The molecule has 17 heavy (non-hydrogen) atoms.